The molecule has 0 aromatic heterocycles. The number of nitrogens with one attached hydrogen (secondary N) is 2. The van der Waals surface area contributed by atoms with E-state index < -0.39 is 35.3 Å². The molecule has 1 unspecified atom stereocenters. The van der Waals surface area contributed by atoms with Gasteiger partial charge in [0.2, 0.25) is 11.8 Å². The van der Waals surface area contributed by atoms with Crippen LogP contribution in [0.3, 0.4) is 0 Å². The normalized spacial score (nSPS) is 14.4. The summed E-state index contributed by atoms with van der Waals surface area (Å²) in [6.45, 7) is 9.16. The molecule has 29 heavy (non-hydrogen) atoms. The van der Waals surface area contributed by atoms with Crippen LogP contribution in [0.2, 0.25) is 0 Å². The zero-order valence-electron chi connectivity index (χ0n) is 17.8. The second-order valence-electron chi connectivity index (χ2n) is 8.35. The fraction of sp³-hybridized carbons (Fsp3) is 0.545. The molecule has 0 saturated carbocycles. The van der Waals surface area contributed by atoms with Crippen molar-refractivity contribution in [2.24, 2.45) is 11.3 Å². The van der Waals surface area contributed by atoms with Gasteiger partial charge in [0, 0.05) is 11.3 Å². The minimum absolute atomic E-state index is 0.157. The van der Waals surface area contributed by atoms with Crippen molar-refractivity contribution in [2.75, 3.05) is 0 Å². The second kappa shape index (κ2) is 11.0. The highest BCUT2D eigenvalue weighted by molar-refractivity contribution is 7.80. The molecule has 0 aliphatic heterocycles. The van der Waals surface area contributed by atoms with Crippen LogP contribution in [0, 0.1) is 11.3 Å². The van der Waals surface area contributed by atoms with Crippen molar-refractivity contribution >= 4 is 34.9 Å². The monoisotopic (exact) mass is 420 g/mol. The molecule has 1 rings (SSSR count). The summed E-state index contributed by atoms with van der Waals surface area (Å²) in [4.78, 5) is 38.0. The standard InChI is InChI=1S/C22H32N2O4S/c1-6-10-16(14(2)29)19(25)24-18(22(3,4)5)20(26)23-17(21(27)28)13-15-11-8-7-9-12-15/h7-9,11-12,16-18H,6,10,13H2,1-5H3,(H,23,26)(H,24,25)(H,27,28)/t16?,17-,18+/m0/s1. The molecule has 0 aliphatic rings. The van der Waals surface area contributed by atoms with Crippen molar-refractivity contribution in [3.05, 3.63) is 35.9 Å². The van der Waals surface area contributed by atoms with Gasteiger partial charge in [-0.05, 0) is 24.3 Å². The fourth-order valence-electron chi connectivity index (χ4n) is 3.03. The maximum atomic E-state index is 13.0. The molecule has 0 heterocycles. The van der Waals surface area contributed by atoms with Crippen molar-refractivity contribution in [1.82, 2.24) is 10.6 Å². The first kappa shape index (κ1) is 24.8. The van der Waals surface area contributed by atoms with E-state index >= 15 is 0 Å². The van der Waals surface area contributed by atoms with Gasteiger partial charge in [-0.3, -0.25) is 9.59 Å². The van der Waals surface area contributed by atoms with Crippen LogP contribution in [-0.2, 0) is 20.8 Å². The van der Waals surface area contributed by atoms with E-state index in [4.69, 9.17) is 12.2 Å². The Kier molecular flexibility index (Phi) is 9.43. The summed E-state index contributed by atoms with van der Waals surface area (Å²) in [5.74, 6) is -2.40. The third-order valence-corrected chi connectivity index (χ3v) is 4.98. The van der Waals surface area contributed by atoms with Gasteiger partial charge in [0.25, 0.3) is 0 Å². The van der Waals surface area contributed by atoms with Crippen LogP contribution in [-0.4, -0.2) is 39.8 Å². The lowest BCUT2D eigenvalue weighted by Crippen LogP contribution is -2.58. The first-order valence-corrected chi connectivity index (χ1v) is 10.3. The summed E-state index contributed by atoms with van der Waals surface area (Å²) in [7, 11) is 0. The predicted molar refractivity (Wildman–Crippen MR) is 118 cm³/mol. The number of carboxylic acid groups (broad SMARTS) is 1. The quantitative estimate of drug-likeness (QED) is 0.506. The highest BCUT2D eigenvalue weighted by Crippen LogP contribution is 2.21. The number of thiocarbonyl (C=S) groups is 1. The minimum atomic E-state index is -1.13. The lowest BCUT2D eigenvalue weighted by Gasteiger charge is -2.32. The molecular formula is C22H32N2O4S. The van der Waals surface area contributed by atoms with Crippen LogP contribution in [0.25, 0.3) is 0 Å². The summed E-state index contributed by atoms with van der Waals surface area (Å²) in [6.07, 6.45) is 1.55. The lowest BCUT2D eigenvalue weighted by molar-refractivity contribution is -0.143. The van der Waals surface area contributed by atoms with Crippen LogP contribution in [0.15, 0.2) is 30.3 Å². The third kappa shape index (κ3) is 7.93. The van der Waals surface area contributed by atoms with Crippen LogP contribution in [0.5, 0.6) is 0 Å². The molecule has 0 radical (unpaired) electrons. The largest absolute Gasteiger partial charge is 0.480 e. The maximum Gasteiger partial charge on any atom is 0.326 e. The Morgan fingerprint density at radius 3 is 2.10 bits per heavy atom. The number of benzene rings is 1. The van der Waals surface area contributed by atoms with Crippen LogP contribution in [0.1, 0.15) is 53.0 Å². The maximum absolute atomic E-state index is 13.0. The van der Waals surface area contributed by atoms with Gasteiger partial charge < -0.3 is 15.7 Å². The predicted octanol–water partition coefficient (Wildman–Crippen LogP) is 3.14. The van der Waals surface area contributed by atoms with Gasteiger partial charge in [-0.1, -0.05) is 76.7 Å². The zero-order chi connectivity index (χ0) is 22.2. The molecule has 7 heteroatoms. The molecular weight excluding hydrogens is 388 g/mol. The summed E-state index contributed by atoms with van der Waals surface area (Å²) < 4.78 is 0. The van der Waals surface area contributed by atoms with Crippen molar-refractivity contribution in [3.8, 4) is 0 Å². The molecule has 0 spiro atoms. The Morgan fingerprint density at radius 1 is 1.07 bits per heavy atom. The number of carboxylic acids is 1. The van der Waals surface area contributed by atoms with E-state index in [2.05, 4.69) is 10.6 Å². The van der Waals surface area contributed by atoms with Gasteiger partial charge in [-0.2, -0.15) is 0 Å². The van der Waals surface area contributed by atoms with E-state index in [1.165, 1.54) is 0 Å². The molecule has 6 nitrogen and oxygen atoms in total. The third-order valence-electron chi connectivity index (χ3n) is 4.70. The molecule has 3 atom stereocenters. The first-order valence-electron chi connectivity index (χ1n) is 9.85. The van der Waals surface area contributed by atoms with E-state index in [9.17, 15) is 19.5 Å². The van der Waals surface area contributed by atoms with Gasteiger partial charge in [-0.15, -0.1) is 0 Å². The summed E-state index contributed by atoms with van der Waals surface area (Å²) >= 11 is 5.21. The molecule has 1 aromatic carbocycles. The average molecular weight is 421 g/mol. The summed E-state index contributed by atoms with van der Waals surface area (Å²) in [5, 5.41) is 15.0. The molecule has 0 fully saturated rings. The van der Waals surface area contributed by atoms with Crippen LogP contribution in [0.4, 0.5) is 0 Å². The SMILES string of the molecule is CCCC(C(=O)N[C@H](C(=O)N[C@@H](Cc1ccccc1)C(=O)O)C(C)(C)C)C(C)=S. The molecule has 0 saturated heterocycles. The number of carbonyl (C=O) groups excluding carboxylic acids is 2. The van der Waals surface area contributed by atoms with E-state index in [-0.39, 0.29) is 12.3 Å². The fourth-order valence-corrected chi connectivity index (χ4v) is 3.26. The van der Waals surface area contributed by atoms with E-state index in [0.29, 0.717) is 11.3 Å². The summed E-state index contributed by atoms with van der Waals surface area (Å²) in [6, 6.07) is 7.11. The summed E-state index contributed by atoms with van der Waals surface area (Å²) in [5.41, 5.74) is 0.192. The van der Waals surface area contributed by atoms with Gasteiger partial charge in [0.1, 0.15) is 12.1 Å². The number of carbonyl (C=O) groups is 3. The van der Waals surface area contributed by atoms with E-state index in [0.717, 1.165) is 12.0 Å². The Labute approximate surface area is 178 Å². The average Bonchev–Trinajstić information content (AvgIpc) is 2.62. The zero-order valence-corrected chi connectivity index (χ0v) is 18.6. The lowest BCUT2D eigenvalue weighted by atomic mass is 9.85. The Morgan fingerprint density at radius 2 is 1.66 bits per heavy atom. The van der Waals surface area contributed by atoms with Crippen molar-refractivity contribution < 1.29 is 19.5 Å². The highest BCUT2D eigenvalue weighted by atomic mass is 32.1. The number of aliphatic carboxylic acids is 1. The number of hydrogen-bond donors (Lipinski definition) is 3. The van der Waals surface area contributed by atoms with Crippen LogP contribution >= 0.6 is 12.2 Å². The van der Waals surface area contributed by atoms with Crippen molar-refractivity contribution in [1.29, 1.82) is 0 Å². The van der Waals surface area contributed by atoms with Crippen LogP contribution < -0.4 is 10.6 Å². The Hall–Kier alpha value is -2.28. The molecule has 2 amide bonds. The minimum Gasteiger partial charge on any atom is -0.480 e. The molecule has 0 bridgehead atoms. The number of hydrogen-bond acceptors (Lipinski definition) is 4. The smallest absolute Gasteiger partial charge is 0.326 e. The van der Waals surface area contributed by atoms with Crippen molar-refractivity contribution in [3.63, 3.8) is 0 Å². The second-order valence-corrected chi connectivity index (χ2v) is 8.99. The van der Waals surface area contributed by atoms with Gasteiger partial charge >= 0.3 is 5.97 Å². The highest BCUT2D eigenvalue weighted by Gasteiger charge is 2.36. The topological polar surface area (TPSA) is 95.5 Å². The first-order chi connectivity index (χ1) is 13.5. The molecule has 0 aliphatic carbocycles. The van der Waals surface area contributed by atoms with Gasteiger partial charge in [0.15, 0.2) is 0 Å². The number of rotatable bonds is 10. The Bertz CT molecular complexity index is 728. The molecule has 1 aromatic rings. The number of amides is 2. The Balaban J connectivity index is 2.98. The van der Waals surface area contributed by atoms with Gasteiger partial charge in [0.05, 0.1) is 5.92 Å². The molecule has 3 N–H and O–H groups in total. The van der Waals surface area contributed by atoms with Gasteiger partial charge in [-0.25, -0.2) is 4.79 Å². The van der Waals surface area contributed by atoms with Crippen molar-refractivity contribution in [2.45, 2.75) is 66.0 Å². The van der Waals surface area contributed by atoms with E-state index in [1.54, 1.807) is 6.92 Å². The van der Waals surface area contributed by atoms with E-state index in [1.807, 2.05) is 58.0 Å². The molecule has 160 valence electrons.